The van der Waals surface area contributed by atoms with Crippen LogP contribution >= 0.6 is 11.5 Å². The monoisotopic (exact) mass is 221 g/mol. The molecule has 2 aromatic rings. The number of hydrogen-bond donors (Lipinski definition) is 1. The summed E-state index contributed by atoms with van der Waals surface area (Å²) in [5, 5.41) is 0.469. The maximum absolute atomic E-state index is 5.54. The van der Waals surface area contributed by atoms with Gasteiger partial charge in [-0.25, -0.2) is 0 Å². The minimum atomic E-state index is 0.469. The number of aromatic nitrogens is 2. The third-order valence-electron chi connectivity index (χ3n) is 1.87. The van der Waals surface area contributed by atoms with E-state index in [4.69, 9.17) is 10.5 Å². The molecule has 0 unspecified atom stereocenters. The van der Waals surface area contributed by atoms with Gasteiger partial charge in [0.25, 0.3) is 0 Å². The fourth-order valence-electron chi connectivity index (χ4n) is 1.28. The molecule has 2 N–H and O–H groups in total. The highest BCUT2D eigenvalue weighted by Crippen LogP contribution is 2.28. The van der Waals surface area contributed by atoms with Crippen LogP contribution in [0.4, 0.5) is 5.13 Å². The first-order valence-electron chi connectivity index (χ1n) is 4.62. The van der Waals surface area contributed by atoms with E-state index in [-0.39, 0.29) is 0 Å². The van der Waals surface area contributed by atoms with Gasteiger partial charge in [0.15, 0.2) is 11.0 Å². The van der Waals surface area contributed by atoms with Crippen molar-refractivity contribution in [1.29, 1.82) is 0 Å². The van der Waals surface area contributed by atoms with Gasteiger partial charge in [-0.1, -0.05) is 12.1 Å². The van der Waals surface area contributed by atoms with Gasteiger partial charge in [-0.3, -0.25) is 0 Å². The van der Waals surface area contributed by atoms with Gasteiger partial charge in [-0.2, -0.15) is 9.36 Å². The zero-order chi connectivity index (χ0) is 10.7. The molecule has 0 fully saturated rings. The predicted molar refractivity (Wildman–Crippen MR) is 60.9 cm³/mol. The number of benzene rings is 1. The lowest BCUT2D eigenvalue weighted by atomic mass is 10.2. The molecular weight excluding hydrogens is 210 g/mol. The van der Waals surface area contributed by atoms with E-state index in [1.165, 1.54) is 11.5 Å². The Labute approximate surface area is 91.9 Å². The SMILES string of the molecule is CCOc1ccccc1-c1nsc(N)n1. The Balaban J connectivity index is 2.42. The summed E-state index contributed by atoms with van der Waals surface area (Å²) in [6.45, 7) is 2.57. The number of anilines is 1. The minimum absolute atomic E-state index is 0.469. The van der Waals surface area contributed by atoms with Gasteiger partial charge in [0, 0.05) is 11.5 Å². The van der Waals surface area contributed by atoms with Crippen molar-refractivity contribution >= 4 is 16.7 Å². The molecule has 0 bridgehead atoms. The molecule has 15 heavy (non-hydrogen) atoms. The molecule has 0 saturated carbocycles. The maximum Gasteiger partial charge on any atom is 0.200 e. The quantitative estimate of drug-likeness (QED) is 0.863. The van der Waals surface area contributed by atoms with Crippen molar-refractivity contribution in [3.05, 3.63) is 24.3 Å². The van der Waals surface area contributed by atoms with Crippen molar-refractivity contribution < 1.29 is 4.74 Å². The Kier molecular flexibility index (Phi) is 2.82. The predicted octanol–water partition coefficient (Wildman–Crippen LogP) is 2.19. The first-order chi connectivity index (χ1) is 7.31. The molecule has 0 saturated heterocycles. The number of para-hydroxylation sites is 1. The van der Waals surface area contributed by atoms with Gasteiger partial charge in [0.2, 0.25) is 0 Å². The van der Waals surface area contributed by atoms with Gasteiger partial charge >= 0.3 is 0 Å². The fourth-order valence-corrected chi connectivity index (χ4v) is 1.72. The molecule has 5 heteroatoms. The average molecular weight is 221 g/mol. The molecule has 1 aromatic carbocycles. The average Bonchev–Trinajstić information content (AvgIpc) is 2.66. The Hall–Kier alpha value is -1.62. The van der Waals surface area contributed by atoms with Crippen LogP contribution in [0.2, 0.25) is 0 Å². The third-order valence-corrected chi connectivity index (χ3v) is 2.41. The van der Waals surface area contributed by atoms with E-state index in [1.54, 1.807) is 0 Å². The van der Waals surface area contributed by atoms with Gasteiger partial charge in [0.1, 0.15) is 5.75 Å². The number of nitrogens with two attached hydrogens (primary N) is 1. The summed E-state index contributed by atoms with van der Waals surface area (Å²) in [6.07, 6.45) is 0. The van der Waals surface area contributed by atoms with Crippen molar-refractivity contribution in [3.8, 4) is 17.1 Å². The van der Waals surface area contributed by atoms with Crippen LogP contribution in [0.25, 0.3) is 11.4 Å². The summed E-state index contributed by atoms with van der Waals surface area (Å²) >= 11 is 1.19. The van der Waals surface area contributed by atoms with Crippen LogP contribution < -0.4 is 10.5 Å². The van der Waals surface area contributed by atoms with E-state index in [1.807, 2.05) is 31.2 Å². The summed E-state index contributed by atoms with van der Waals surface area (Å²) in [4.78, 5) is 4.13. The van der Waals surface area contributed by atoms with E-state index in [0.29, 0.717) is 17.6 Å². The molecule has 0 spiro atoms. The van der Waals surface area contributed by atoms with Gasteiger partial charge in [-0.05, 0) is 19.1 Å². The van der Waals surface area contributed by atoms with Crippen molar-refractivity contribution in [3.63, 3.8) is 0 Å². The Bertz CT molecular complexity index is 455. The normalized spacial score (nSPS) is 10.2. The first kappa shape index (κ1) is 9.92. The largest absolute Gasteiger partial charge is 0.493 e. The van der Waals surface area contributed by atoms with Crippen LogP contribution in [0, 0.1) is 0 Å². The van der Waals surface area contributed by atoms with E-state index in [9.17, 15) is 0 Å². The molecule has 0 aliphatic rings. The maximum atomic E-state index is 5.54. The van der Waals surface area contributed by atoms with Crippen LogP contribution in [0.1, 0.15) is 6.92 Å². The molecule has 2 rings (SSSR count). The van der Waals surface area contributed by atoms with Gasteiger partial charge in [-0.15, -0.1) is 0 Å². The van der Waals surface area contributed by atoms with Crippen LogP contribution in [0.5, 0.6) is 5.75 Å². The van der Waals surface area contributed by atoms with Crippen molar-refractivity contribution in [2.75, 3.05) is 12.3 Å². The number of rotatable bonds is 3. The van der Waals surface area contributed by atoms with Crippen molar-refractivity contribution in [1.82, 2.24) is 9.36 Å². The number of ether oxygens (including phenoxy) is 1. The molecule has 0 atom stereocenters. The summed E-state index contributed by atoms with van der Waals surface area (Å²) in [7, 11) is 0. The molecule has 0 aliphatic heterocycles. The highest BCUT2D eigenvalue weighted by molar-refractivity contribution is 7.09. The molecule has 0 aliphatic carbocycles. The first-order valence-corrected chi connectivity index (χ1v) is 5.40. The van der Waals surface area contributed by atoms with Crippen LogP contribution in [-0.2, 0) is 0 Å². The summed E-state index contributed by atoms with van der Waals surface area (Å²) in [5.41, 5.74) is 6.43. The lowest BCUT2D eigenvalue weighted by Gasteiger charge is -2.06. The third kappa shape index (κ3) is 2.07. The van der Waals surface area contributed by atoms with Crippen LogP contribution in [0.15, 0.2) is 24.3 Å². The second kappa shape index (κ2) is 4.27. The lowest BCUT2D eigenvalue weighted by molar-refractivity contribution is 0.341. The second-order valence-corrected chi connectivity index (χ2v) is 3.67. The van der Waals surface area contributed by atoms with Crippen molar-refractivity contribution in [2.24, 2.45) is 0 Å². The smallest absolute Gasteiger partial charge is 0.200 e. The molecule has 0 amide bonds. The second-order valence-electron chi connectivity index (χ2n) is 2.89. The molecule has 78 valence electrons. The molecule has 0 radical (unpaired) electrons. The van der Waals surface area contributed by atoms with Crippen LogP contribution in [0.3, 0.4) is 0 Å². The summed E-state index contributed by atoms with van der Waals surface area (Å²) in [6, 6.07) is 7.67. The Morgan fingerprint density at radius 1 is 1.40 bits per heavy atom. The minimum Gasteiger partial charge on any atom is -0.493 e. The molecule has 1 heterocycles. The summed E-state index contributed by atoms with van der Waals surface area (Å²) in [5.74, 6) is 1.42. The standard InChI is InChI=1S/C10H11N3OS/c1-2-14-8-6-4-3-5-7(8)9-12-10(11)15-13-9/h3-6H,2H2,1H3,(H2,11,12,13). The molecule has 1 aromatic heterocycles. The Morgan fingerprint density at radius 2 is 2.20 bits per heavy atom. The number of hydrogen-bond acceptors (Lipinski definition) is 5. The van der Waals surface area contributed by atoms with E-state index in [0.717, 1.165) is 11.3 Å². The molecule has 4 nitrogen and oxygen atoms in total. The lowest BCUT2D eigenvalue weighted by Crippen LogP contribution is -1.94. The topological polar surface area (TPSA) is 61.0 Å². The number of nitrogens with zero attached hydrogens (tertiary/aromatic N) is 2. The summed E-state index contributed by atoms with van der Waals surface area (Å²) < 4.78 is 9.64. The van der Waals surface area contributed by atoms with Gasteiger partial charge < -0.3 is 10.5 Å². The van der Waals surface area contributed by atoms with Crippen LogP contribution in [-0.4, -0.2) is 16.0 Å². The van der Waals surface area contributed by atoms with Crippen molar-refractivity contribution in [2.45, 2.75) is 6.92 Å². The zero-order valence-electron chi connectivity index (χ0n) is 8.30. The highest BCUT2D eigenvalue weighted by Gasteiger charge is 2.09. The van der Waals surface area contributed by atoms with E-state index >= 15 is 0 Å². The Morgan fingerprint density at radius 3 is 2.87 bits per heavy atom. The highest BCUT2D eigenvalue weighted by atomic mass is 32.1. The number of nitrogen functional groups attached to an aromatic ring is 1. The zero-order valence-corrected chi connectivity index (χ0v) is 9.12. The van der Waals surface area contributed by atoms with E-state index in [2.05, 4.69) is 9.36 Å². The van der Waals surface area contributed by atoms with Gasteiger partial charge in [0.05, 0.1) is 12.2 Å². The molecular formula is C10H11N3OS. The fraction of sp³-hybridized carbons (Fsp3) is 0.200. The van der Waals surface area contributed by atoms with E-state index < -0.39 is 0 Å².